The third-order valence-corrected chi connectivity index (χ3v) is 6.17. The van der Waals surface area contributed by atoms with E-state index in [9.17, 15) is 4.79 Å². The molecule has 3 aromatic heterocycles. The summed E-state index contributed by atoms with van der Waals surface area (Å²) < 4.78 is 4.02. The standard InChI is InChI=1S/C21H25N7O/c1-14-2-3-25-28(14)5-4-26-10-15-6-17(12-26)19-7-16(8-21(29)27(19)11-15)18-9-20(22)24-13-23-18/h2-3,7-9,13,15,17H,4-6,10-12H2,1H3,(H2,22,23,24)/t15-,17+/m0/s1. The lowest BCUT2D eigenvalue weighted by Gasteiger charge is -2.43. The van der Waals surface area contributed by atoms with E-state index in [1.54, 1.807) is 12.1 Å². The van der Waals surface area contributed by atoms with Crippen LogP contribution in [0.25, 0.3) is 11.3 Å². The highest BCUT2D eigenvalue weighted by Crippen LogP contribution is 2.36. The van der Waals surface area contributed by atoms with E-state index in [4.69, 9.17) is 5.73 Å². The maximum absolute atomic E-state index is 12.8. The zero-order valence-corrected chi connectivity index (χ0v) is 16.5. The van der Waals surface area contributed by atoms with E-state index in [1.807, 2.05) is 16.8 Å². The Labute approximate surface area is 169 Å². The molecule has 0 saturated carbocycles. The monoisotopic (exact) mass is 391 g/mol. The molecule has 29 heavy (non-hydrogen) atoms. The molecule has 1 fully saturated rings. The molecular weight excluding hydrogens is 366 g/mol. The first-order valence-corrected chi connectivity index (χ1v) is 10.1. The number of fused-ring (bicyclic) bond motifs is 4. The van der Waals surface area contributed by atoms with E-state index >= 15 is 0 Å². The molecular formula is C21H25N7O. The average Bonchev–Trinajstić information content (AvgIpc) is 3.12. The zero-order valence-electron chi connectivity index (χ0n) is 16.5. The van der Waals surface area contributed by atoms with Crippen LogP contribution in [-0.4, -0.2) is 48.8 Å². The second kappa shape index (κ2) is 7.11. The summed E-state index contributed by atoms with van der Waals surface area (Å²) in [6, 6.07) is 7.54. The summed E-state index contributed by atoms with van der Waals surface area (Å²) in [5.41, 5.74) is 9.67. The number of aromatic nitrogens is 5. The molecule has 8 heteroatoms. The van der Waals surface area contributed by atoms with Gasteiger partial charge in [0.05, 0.1) is 12.2 Å². The van der Waals surface area contributed by atoms with Crippen molar-refractivity contribution in [1.29, 1.82) is 0 Å². The topological polar surface area (TPSA) is 94.9 Å². The Balaban J connectivity index is 1.41. The maximum Gasteiger partial charge on any atom is 0.251 e. The van der Waals surface area contributed by atoms with Crippen molar-refractivity contribution in [2.24, 2.45) is 5.92 Å². The highest BCUT2D eigenvalue weighted by atomic mass is 16.1. The van der Waals surface area contributed by atoms with E-state index in [-0.39, 0.29) is 5.56 Å². The van der Waals surface area contributed by atoms with Gasteiger partial charge in [0.1, 0.15) is 12.1 Å². The SMILES string of the molecule is Cc1ccnn1CCN1C[C@@H]2C[C@H](C1)c1cc(-c3cc(N)ncn3)cc(=O)n1C2. The smallest absolute Gasteiger partial charge is 0.251 e. The van der Waals surface area contributed by atoms with E-state index in [0.29, 0.717) is 23.3 Å². The lowest BCUT2D eigenvalue weighted by atomic mass is 9.82. The molecule has 2 aliphatic rings. The number of rotatable bonds is 4. The number of likely N-dealkylation sites (tertiary alicyclic amines) is 1. The minimum Gasteiger partial charge on any atom is -0.384 e. The van der Waals surface area contributed by atoms with Gasteiger partial charge in [-0.2, -0.15) is 5.10 Å². The van der Waals surface area contributed by atoms with Crippen LogP contribution in [0.4, 0.5) is 5.82 Å². The number of pyridine rings is 1. The molecule has 0 amide bonds. The molecule has 5 heterocycles. The summed E-state index contributed by atoms with van der Waals surface area (Å²) in [6.45, 7) is 6.74. The zero-order chi connectivity index (χ0) is 20.0. The minimum atomic E-state index is 0.0463. The Morgan fingerprint density at radius 2 is 2.03 bits per heavy atom. The number of nitrogens with two attached hydrogens (primary N) is 1. The number of nitrogen functional groups attached to an aromatic ring is 1. The highest BCUT2D eigenvalue weighted by molar-refractivity contribution is 5.61. The van der Waals surface area contributed by atoms with Gasteiger partial charge < -0.3 is 15.2 Å². The molecule has 0 aromatic carbocycles. The van der Waals surface area contributed by atoms with E-state index in [0.717, 1.165) is 50.4 Å². The first kappa shape index (κ1) is 18.1. The lowest BCUT2D eigenvalue weighted by Crippen LogP contribution is -2.47. The van der Waals surface area contributed by atoms with Gasteiger partial charge in [0.15, 0.2) is 0 Å². The summed E-state index contributed by atoms with van der Waals surface area (Å²) in [7, 11) is 0. The van der Waals surface area contributed by atoms with Gasteiger partial charge in [-0.3, -0.25) is 9.48 Å². The van der Waals surface area contributed by atoms with Crippen molar-refractivity contribution in [2.45, 2.75) is 32.4 Å². The van der Waals surface area contributed by atoms with Gasteiger partial charge in [-0.05, 0) is 31.4 Å². The van der Waals surface area contributed by atoms with Crippen molar-refractivity contribution in [3.63, 3.8) is 0 Å². The van der Waals surface area contributed by atoms with Crippen molar-refractivity contribution in [1.82, 2.24) is 29.2 Å². The Morgan fingerprint density at radius 1 is 1.14 bits per heavy atom. The Bertz CT molecular complexity index is 1100. The van der Waals surface area contributed by atoms with E-state index in [1.165, 1.54) is 12.0 Å². The van der Waals surface area contributed by atoms with Crippen LogP contribution in [0.1, 0.15) is 23.7 Å². The fourth-order valence-electron chi connectivity index (χ4n) is 4.79. The normalized spacial score (nSPS) is 21.1. The second-order valence-electron chi connectivity index (χ2n) is 8.20. The van der Waals surface area contributed by atoms with Crippen LogP contribution in [0, 0.1) is 12.8 Å². The van der Waals surface area contributed by atoms with Crippen molar-refractivity contribution in [3.05, 3.63) is 58.5 Å². The van der Waals surface area contributed by atoms with Crippen molar-refractivity contribution < 1.29 is 0 Å². The third-order valence-electron chi connectivity index (χ3n) is 6.17. The van der Waals surface area contributed by atoms with Crippen LogP contribution in [0.5, 0.6) is 0 Å². The number of hydrogen-bond donors (Lipinski definition) is 1. The van der Waals surface area contributed by atoms with Crippen LogP contribution in [0.15, 0.2) is 41.6 Å². The summed E-state index contributed by atoms with van der Waals surface area (Å²) in [4.78, 5) is 23.6. The number of nitrogens with zero attached hydrogens (tertiary/aromatic N) is 6. The fourth-order valence-corrected chi connectivity index (χ4v) is 4.79. The molecule has 5 rings (SSSR count). The predicted octanol–water partition coefficient (Wildman–Crippen LogP) is 1.51. The summed E-state index contributed by atoms with van der Waals surface area (Å²) >= 11 is 0. The predicted molar refractivity (Wildman–Crippen MR) is 110 cm³/mol. The van der Waals surface area contributed by atoms with Crippen LogP contribution < -0.4 is 11.3 Å². The van der Waals surface area contributed by atoms with Crippen LogP contribution in [0.2, 0.25) is 0 Å². The molecule has 8 nitrogen and oxygen atoms in total. The highest BCUT2D eigenvalue weighted by Gasteiger charge is 2.34. The fraction of sp³-hybridized carbons (Fsp3) is 0.429. The number of hydrogen-bond acceptors (Lipinski definition) is 6. The van der Waals surface area contributed by atoms with Gasteiger partial charge in [-0.25, -0.2) is 9.97 Å². The van der Waals surface area contributed by atoms with Gasteiger partial charge in [-0.15, -0.1) is 0 Å². The van der Waals surface area contributed by atoms with E-state index in [2.05, 4.69) is 37.6 Å². The van der Waals surface area contributed by atoms with Gasteiger partial charge >= 0.3 is 0 Å². The summed E-state index contributed by atoms with van der Waals surface area (Å²) in [6.07, 6.45) is 4.42. The molecule has 2 atom stereocenters. The second-order valence-corrected chi connectivity index (χ2v) is 8.20. The lowest BCUT2D eigenvalue weighted by molar-refractivity contribution is 0.115. The van der Waals surface area contributed by atoms with Gasteiger partial charge in [0.2, 0.25) is 0 Å². The van der Waals surface area contributed by atoms with Crippen LogP contribution >= 0.6 is 0 Å². The number of aryl methyl sites for hydroxylation is 1. The van der Waals surface area contributed by atoms with Gasteiger partial charge in [-0.1, -0.05) is 0 Å². The molecule has 2 bridgehead atoms. The molecule has 2 N–H and O–H groups in total. The molecule has 0 radical (unpaired) electrons. The van der Waals surface area contributed by atoms with E-state index < -0.39 is 0 Å². The van der Waals surface area contributed by atoms with Gasteiger partial charge in [0.25, 0.3) is 5.56 Å². The molecule has 3 aromatic rings. The van der Waals surface area contributed by atoms with Crippen molar-refractivity contribution in [3.8, 4) is 11.3 Å². The van der Waals surface area contributed by atoms with Crippen LogP contribution in [0.3, 0.4) is 0 Å². The minimum absolute atomic E-state index is 0.0463. The Morgan fingerprint density at radius 3 is 2.83 bits per heavy atom. The Hall–Kier alpha value is -3.00. The molecule has 2 aliphatic heterocycles. The van der Waals surface area contributed by atoms with Gasteiger partial charge in [0, 0.05) is 67.4 Å². The summed E-state index contributed by atoms with van der Waals surface area (Å²) in [5.74, 6) is 1.27. The Kier molecular flexibility index (Phi) is 4.43. The molecule has 0 aliphatic carbocycles. The molecule has 0 unspecified atom stereocenters. The number of piperidine rings is 1. The quantitative estimate of drug-likeness (QED) is 0.724. The molecule has 1 saturated heterocycles. The maximum atomic E-state index is 12.8. The number of anilines is 1. The first-order chi connectivity index (χ1) is 14.1. The summed E-state index contributed by atoms with van der Waals surface area (Å²) in [5, 5.41) is 4.39. The third kappa shape index (κ3) is 3.44. The molecule has 150 valence electrons. The molecule has 0 spiro atoms. The largest absolute Gasteiger partial charge is 0.384 e. The van der Waals surface area contributed by atoms with Crippen molar-refractivity contribution in [2.75, 3.05) is 25.4 Å². The van der Waals surface area contributed by atoms with Crippen molar-refractivity contribution >= 4 is 5.82 Å². The van der Waals surface area contributed by atoms with Crippen LogP contribution in [-0.2, 0) is 13.1 Å². The first-order valence-electron chi connectivity index (χ1n) is 10.1. The average molecular weight is 391 g/mol.